The van der Waals surface area contributed by atoms with Gasteiger partial charge in [0.05, 0.1) is 0 Å². The Labute approximate surface area is 273 Å². The van der Waals surface area contributed by atoms with E-state index in [1.807, 2.05) is 6.92 Å². The second kappa shape index (κ2) is 28.8. The van der Waals surface area contributed by atoms with Gasteiger partial charge in [0.15, 0.2) is 0 Å². The maximum atomic E-state index is 11.8. The molecule has 0 aromatic heterocycles. The number of hydrazone groups is 1. The second-order valence-electron chi connectivity index (χ2n) is 9.26. The van der Waals surface area contributed by atoms with E-state index in [1.54, 1.807) is 0 Å². The fourth-order valence-corrected chi connectivity index (χ4v) is 2.39. The van der Waals surface area contributed by atoms with Gasteiger partial charge >= 0.3 is 36.4 Å². The summed E-state index contributed by atoms with van der Waals surface area (Å²) in [7, 11) is 0. The van der Waals surface area contributed by atoms with E-state index in [0.717, 1.165) is 64.6 Å². The van der Waals surface area contributed by atoms with Gasteiger partial charge in [0.2, 0.25) is 6.10 Å². The van der Waals surface area contributed by atoms with E-state index in [2.05, 4.69) is 26.4 Å². The zero-order chi connectivity index (χ0) is 39.3. The molecule has 0 aliphatic carbocycles. The fraction of sp³-hybridized carbons (Fsp3) is 0.750. The first kappa shape index (κ1) is 51.7. The first-order valence-electron chi connectivity index (χ1n) is 13.9. The van der Waals surface area contributed by atoms with Gasteiger partial charge in [0, 0.05) is 25.7 Å². The average Bonchev–Trinajstić information content (AvgIpc) is 2.96. The van der Waals surface area contributed by atoms with Crippen molar-refractivity contribution in [3.05, 3.63) is 0 Å². The maximum absolute atomic E-state index is 11.8. The number of rotatable bonds is 18. The predicted molar refractivity (Wildman–Crippen MR) is 153 cm³/mol. The number of hydrogen-bond donors (Lipinski definition) is 10. The van der Waals surface area contributed by atoms with Gasteiger partial charge in [-0.05, 0) is 52.1 Å². The van der Waals surface area contributed by atoms with Crippen molar-refractivity contribution < 1.29 is 83.9 Å². The van der Waals surface area contributed by atoms with E-state index in [-0.39, 0.29) is 6.04 Å². The minimum Gasteiger partial charge on any atom is -0.475 e. The predicted octanol–water partition coefficient (Wildman–Crippen LogP) is 0.639. The van der Waals surface area contributed by atoms with Gasteiger partial charge in [-0.25, -0.2) is 14.4 Å². The number of unbranched alkanes of at least 4 members (excludes halogenated alkanes) is 4. The van der Waals surface area contributed by atoms with E-state index in [4.69, 9.17) is 41.3 Å². The lowest BCUT2D eigenvalue weighted by Crippen LogP contribution is -2.46. The lowest BCUT2D eigenvalue weighted by molar-refractivity contribution is -0.193. The van der Waals surface area contributed by atoms with Crippen LogP contribution < -0.4 is 32.8 Å². The molecule has 290 valence electrons. The molecule has 0 spiro atoms. The van der Waals surface area contributed by atoms with Crippen molar-refractivity contribution in [1.82, 2.24) is 21.3 Å². The van der Waals surface area contributed by atoms with Crippen molar-refractivity contribution in [2.75, 3.05) is 32.7 Å². The van der Waals surface area contributed by atoms with Crippen LogP contribution in [0.25, 0.3) is 0 Å². The summed E-state index contributed by atoms with van der Waals surface area (Å²) in [5.41, 5.74) is 5.66. The van der Waals surface area contributed by atoms with E-state index >= 15 is 0 Å². The zero-order valence-electron chi connectivity index (χ0n) is 26.1. The number of nitrogens with one attached hydrogen (secondary N) is 4. The Morgan fingerprint density at radius 1 is 0.653 bits per heavy atom. The molecule has 0 rings (SSSR count). The molecule has 49 heavy (non-hydrogen) atoms. The molecule has 0 aromatic rings. The Morgan fingerprint density at radius 2 is 0.980 bits per heavy atom. The van der Waals surface area contributed by atoms with Crippen LogP contribution in [0.3, 0.4) is 0 Å². The number of hydrogen-bond acceptors (Lipinski definition) is 10. The molecule has 0 aliphatic heterocycles. The number of aliphatic carboxylic acids is 3. The van der Waals surface area contributed by atoms with Gasteiger partial charge < -0.3 is 53.3 Å². The Bertz CT molecular complexity index is 911. The molecule has 0 radical (unpaired) electrons. The van der Waals surface area contributed by atoms with E-state index in [1.165, 1.54) is 6.34 Å². The highest BCUT2D eigenvalue weighted by molar-refractivity contribution is 6.02. The number of aliphatic hydroxyl groups excluding tert-OH is 1. The maximum Gasteiger partial charge on any atom is 0.490 e. The molecule has 2 unspecified atom stereocenters. The van der Waals surface area contributed by atoms with Crippen LogP contribution in [0.1, 0.15) is 51.9 Å². The molecule has 0 saturated carbocycles. The summed E-state index contributed by atoms with van der Waals surface area (Å²) >= 11 is 0. The highest BCUT2D eigenvalue weighted by Gasteiger charge is 2.39. The highest BCUT2D eigenvalue weighted by Crippen LogP contribution is 2.14. The third kappa shape index (κ3) is 40.0. The summed E-state index contributed by atoms with van der Waals surface area (Å²) in [5, 5.41) is 45.8. The monoisotopic (exact) mass is 743 g/mol. The third-order valence-electron chi connectivity index (χ3n) is 4.79. The minimum atomic E-state index is -5.08. The van der Waals surface area contributed by atoms with Crippen LogP contribution in [0.15, 0.2) is 5.10 Å². The SMILES string of the molecule is CC(N)CCNCCCCNC(=O)C(O)C(=O)NCCCCCCNC=NN.O=C(O)C(F)(F)F.O=C(O)C(F)(F)F.O=C(O)C(F)(F)F. The summed E-state index contributed by atoms with van der Waals surface area (Å²) in [4.78, 5) is 50.2. The number of aliphatic hydroxyl groups is 1. The topological polar surface area (TPSA) is 279 Å². The lowest BCUT2D eigenvalue weighted by atomic mass is 10.2. The number of carboxylic acids is 3. The van der Waals surface area contributed by atoms with Gasteiger partial charge in [-0.2, -0.15) is 44.6 Å². The van der Waals surface area contributed by atoms with Crippen molar-refractivity contribution >= 4 is 36.1 Å². The molecular weight excluding hydrogens is 701 g/mol. The molecule has 25 heteroatoms. The third-order valence-corrected chi connectivity index (χ3v) is 4.79. The first-order valence-corrected chi connectivity index (χ1v) is 13.9. The van der Waals surface area contributed by atoms with Crippen LogP contribution in [-0.4, -0.2) is 120 Å². The van der Waals surface area contributed by atoms with E-state index < -0.39 is 54.4 Å². The molecule has 16 nitrogen and oxygen atoms in total. The molecule has 0 heterocycles. The van der Waals surface area contributed by atoms with Gasteiger partial charge in [0.1, 0.15) is 6.34 Å². The van der Waals surface area contributed by atoms with Crippen LogP contribution in [0.5, 0.6) is 0 Å². The minimum absolute atomic E-state index is 0.193. The van der Waals surface area contributed by atoms with Crippen molar-refractivity contribution in [2.24, 2.45) is 16.7 Å². The summed E-state index contributed by atoms with van der Waals surface area (Å²) in [6, 6.07) is 0.193. The number of amides is 2. The normalized spacial score (nSPS) is 12.4. The van der Waals surface area contributed by atoms with Crippen LogP contribution in [-0.2, 0) is 24.0 Å². The van der Waals surface area contributed by atoms with Gasteiger partial charge in [-0.1, -0.05) is 12.8 Å². The zero-order valence-corrected chi connectivity index (χ0v) is 26.1. The molecule has 2 atom stereocenters. The summed E-state index contributed by atoms with van der Waals surface area (Å²) in [5.74, 6) is -4.63. The molecule has 0 aromatic carbocycles. The van der Waals surface area contributed by atoms with Crippen LogP contribution in [0.4, 0.5) is 39.5 Å². The number of nitrogens with two attached hydrogens (primary N) is 2. The Kier molecular flexibility index (Phi) is 30.4. The van der Waals surface area contributed by atoms with E-state index in [9.17, 15) is 54.2 Å². The van der Waals surface area contributed by atoms with Gasteiger partial charge in [-0.3, -0.25) is 9.59 Å². The lowest BCUT2D eigenvalue weighted by Gasteiger charge is -2.12. The summed E-state index contributed by atoms with van der Waals surface area (Å²) < 4.78 is 95.2. The summed E-state index contributed by atoms with van der Waals surface area (Å²) in [6.45, 7) is 5.37. The smallest absolute Gasteiger partial charge is 0.475 e. The molecule has 12 N–H and O–H groups in total. The fourth-order valence-electron chi connectivity index (χ4n) is 2.39. The van der Waals surface area contributed by atoms with Crippen molar-refractivity contribution in [2.45, 2.75) is 82.5 Å². The quantitative estimate of drug-likeness (QED) is 0.0176. The number of carbonyl (C=O) groups is 5. The molecule has 0 fully saturated rings. The number of halogens is 9. The molecule has 0 aliphatic rings. The van der Waals surface area contributed by atoms with Crippen molar-refractivity contribution in [3.8, 4) is 0 Å². The second-order valence-corrected chi connectivity index (χ2v) is 9.26. The van der Waals surface area contributed by atoms with Crippen molar-refractivity contribution in [1.29, 1.82) is 0 Å². The number of carbonyl (C=O) groups excluding carboxylic acids is 2. The summed E-state index contributed by atoms with van der Waals surface area (Å²) in [6.07, 6.45) is -9.13. The van der Waals surface area contributed by atoms with E-state index in [0.29, 0.717) is 13.1 Å². The Hall–Kier alpha value is -4.13. The van der Waals surface area contributed by atoms with Crippen molar-refractivity contribution in [3.63, 3.8) is 0 Å². The largest absolute Gasteiger partial charge is 0.490 e. The highest BCUT2D eigenvalue weighted by atomic mass is 19.4. The van der Waals surface area contributed by atoms with Gasteiger partial charge in [0.25, 0.3) is 11.8 Å². The Balaban J connectivity index is -0.000000386. The number of nitrogens with zero attached hydrogens (tertiary/aromatic N) is 1. The van der Waals surface area contributed by atoms with Crippen LogP contribution in [0.2, 0.25) is 0 Å². The number of alkyl halides is 9. The molecule has 0 saturated heterocycles. The molecular formula is C24H42F9N7O9. The molecule has 2 amide bonds. The van der Waals surface area contributed by atoms with Crippen LogP contribution in [0, 0.1) is 0 Å². The number of carboxylic acid groups (broad SMARTS) is 3. The van der Waals surface area contributed by atoms with Crippen LogP contribution >= 0.6 is 0 Å². The Morgan fingerprint density at radius 3 is 1.31 bits per heavy atom. The van der Waals surface area contributed by atoms with Gasteiger partial charge in [-0.15, -0.1) is 0 Å². The first-order chi connectivity index (χ1) is 22.3. The average molecular weight is 744 g/mol. The molecule has 0 bridgehead atoms. The standard InChI is InChI=1S/C18H39N7O3.3C2HF3O2/c1-15(19)8-13-21-9-6-7-12-24-18(28)16(26)17(27)23-11-5-3-2-4-10-22-14-25-20;3*3-2(4,5)1(6)7/h14-16,21,26H,2-13,19-20H2,1H3,(H,22,25)(H,23,27)(H,24,28);3*(H,6,7).